The number of rotatable bonds is 4. The van der Waals surface area contributed by atoms with Gasteiger partial charge < -0.3 is 10.0 Å². The number of hydrogen-bond acceptors (Lipinski definition) is 7. The van der Waals surface area contributed by atoms with E-state index in [0.29, 0.717) is 0 Å². The zero-order valence-corrected chi connectivity index (χ0v) is 11.3. The van der Waals surface area contributed by atoms with Crippen molar-refractivity contribution in [3.63, 3.8) is 0 Å². The van der Waals surface area contributed by atoms with Crippen molar-refractivity contribution in [2.45, 2.75) is 12.2 Å². The normalized spacial score (nSPS) is 25.3. The maximum atomic E-state index is 11.0. The summed E-state index contributed by atoms with van der Waals surface area (Å²) in [5, 5.41) is 8.76. The highest BCUT2D eigenvalue weighted by molar-refractivity contribution is 7.86. The molecule has 0 aromatic carbocycles. The molecular weight excluding hydrogens is 290 g/mol. The highest BCUT2D eigenvalue weighted by Crippen LogP contribution is 2.20. The second kappa shape index (κ2) is 4.99. The molecule has 9 nitrogen and oxygen atoms in total. The second-order valence-corrected chi connectivity index (χ2v) is 7.07. The van der Waals surface area contributed by atoms with E-state index in [1.54, 1.807) is 0 Å². The number of likely N-dealkylation sites (tertiary alicyclic amines) is 1. The molecule has 106 valence electrons. The average Bonchev–Trinajstić information content (AvgIpc) is 2.42. The van der Waals surface area contributed by atoms with E-state index >= 15 is 0 Å². The maximum absolute atomic E-state index is 11.0. The molecule has 1 amide bonds. The minimum atomic E-state index is -3.84. The van der Waals surface area contributed by atoms with Crippen LogP contribution in [0.3, 0.4) is 0 Å². The molecule has 18 heavy (non-hydrogen) atoms. The number of carbonyl (C=O) groups is 1. The lowest BCUT2D eigenvalue weighted by Crippen LogP contribution is -2.33. The smallest absolute Gasteiger partial charge is 0.407 e. The fourth-order valence-corrected chi connectivity index (χ4v) is 2.80. The van der Waals surface area contributed by atoms with Gasteiger partial charge in [-0.05, 0) is 0 Å². The van der Waals surface area contributed by atoms with Gasteiger partial charge in [0.15, 0.2) is 0 Å². The molecule has 1 heterocycles. The monoisotopic (exact) mass is 303 g/mol. The summed E-state index contributed by atoms with van der Waals surface area (Å²) in [7, 11) is -7.68. The van der Waals surface area contributed by atoms with E-state index in [9.17, 15) is 21.6 Å². The van der Waals surface area contributed by atoms with Gasteiger partial charge in [-0.2, -0.15) is 16.8 Å². The number of nitrogens with zero attached hydrogens (tertiary/aromatic N) is 1. The van der Waals surface area contributed by atoms with Gasteiger partial charge >= 0.3 is 6.09 Å². The third-order valence-electron chi connectivity index (χ3n) is 2.08. The molecule has 2 atom stereocenters. The zero-order valence-electron chi connectivity index (χ0n) is 9.64. The summed E-state index contributed by atoms with van der Waals surface area (Å²) in [5.41, 5.74) is 0. The molecule has 0 bridgehead atoms. The van der Waals surface area contributed by atoms with Crippen LogP contribution in [0.4, 0.5) is 4.79 Å². The zero-order chi connectivity index (χ0) is 14.1. The molecule has 0 unspecified atom stereocenters. The summed E-state index contributed by atoms with van der Waals surface area (Å²) in [5.74, 6) is 0. The van der Waals surface area contributed by atoms with E-state index in [0.717, 1.165) is 17.4 Å². The highest BCUT2D eigenvalue weighted by atomic mass is 32.2. The van der Waals surface area contributed by atoms with Crippen LogP contribution in [0.1, 0.15) is 0 Å². The van der Waals surface area contributed by atoms with Gasteiger partial charge in [-0.3, -0.25) is 8.37 Å². The SMILES string of the molecule is CS(=O)(=O)O[C@H]1CN(C(=O)O)C[C@@H]1OS(C)(=O)=O. The molecule has 1 aliphatic rings. The van der Waals surface area contributed by atoms with Crippen LogP contribution in [-0.2, 0) is 28.6 Å². The van der Waals surface area contributed by atoms with Crippen LogP contribution in [-0.4, -0.2) is 70.7 Å². The first kappa shape index (κ1) is 15.1. The average molecular weight is 303 g/mol. The first-order valence-electron chi connectivity index (χ1n) is 4.72. The predicted octanol–water partition coefficient (Wildman–Crippen LogP) is -1.33. The van der Waals surface area contributed by atoms with Gasteiger partial charge in [0.2, 0.25) is 0 Å². The summed E-state index contributed by atoms with van der Waals surface area (Å²) in [6.07, 6.45) is -2.09. The summed E-state index contributed by atoms with van der Waals surface area (Å²) in [4.78, 5) is 11.6. The van der Waals surface area contributed by atoms with Crippen LogP contribution in [0.5, 0.6) is 0 Å². The van der Waals surface area contributed by atoms with E-state index in [1.165, 1.54) is 0 Å². The minimum absolute atomic E-state index is 0.275. The Bertz CT molecular complexity index is 482. The van der Waals surface area contributed by atoms with E-state index in [-0.39, 0.29) is 13.1 Å². The van der Waals surface area contributed by atoms with Crippen LogP contribution >= 0.6 is 0 Å². The van der Waals surface area contributed by atoms with Crippen LogP contribution < -0.4 is 0 Å². The summed E-state index contributed by atoms with van der Waals surface area (Å²) >= 11 is 0. The van der Waals surface area contributed by atoms with E-state index in [4.69, 9.17) is 5.11 Å². The molecular formula is C7H13NO8S2. The largest absolute Gasteiger partial charge is 0.465 e. The van der Waals surface area contributed by atoms with Gasteiger partial charge in [0.25, 0.3) is 20.2 Å². The summed E-state index contributed by atoms with van der Waals surface area (Å²) in [6, 6.07) is 0. The fourth-order valence-electron chi connectivity index (χ4n) is 1.53. The molecule has 1 fully saturated rings. The number of amides is 1. The standard InChI is InChI=1S/C7H13NO8S2/c1-17(11,12)15-5-3-8(7(9)10)4-6(5)16-18(2,13)14/h5-6H,3-4H2,1-2H3,(H,9,10)/t5-,6-/m0/s1. The van der Waals surface area contributed by atoms with Gasteiger partial charge in [0.1, 0.15) is 12.2 Å². The van der Waals surface area contributed by atoms with Crippen LogP contribution in [0.2, 0.25) is 0 Å². The Labute approximate surface area is 105 Å². The highest BCUT2D eigenvalue weighted by Gasteiger charge is 2.40. The first-order chi connectivity index (χ1) is 7.98. The van der Waals surface area contributed by atoms with Gasteiger partial charge in [0.05, 0.1) is 25.6 Å². The van der Waals surface area contributed by atoms with Crippen LogP contribution in [0.15, 0.2) is 0 Å². The third-order valence-corrected chi connectivity index (χ3v) is 3.28. The number of carboxylic acid groups (broad SMARTS) is 1. The summed E-state index contributed by atoms with van der Waals surface area (Å²) in [6.45, 7) is -0.550. The molecule has 0 aromatic rings. The Morgan fingerprint density at radius 3 is 1.61 bits per heavy atom. The lowest BCUT2D eigenvalue weighted by Gasteiger charge is -2.15. The Balaban J connectivity index is 2.86. The Kier molecular flexibility index (Phi) is 4.20. The molecule has 0 spiro atoms. The predicted molar refractivity (Wildman–Crippen MR) is 59.0 cm³/mol. The van der Waals surface area contributed by atoms with Crippen molar-refractivity contribution in [1.82, 2.24) is 4.90 Å². The quantitative estimate of drug-likeness (QED) is 0.633. The molecule has 1 N–H and O–H groups in total. The van der Waals surface area contributed by atoms with E-state index in [1.807, 2.05) is 0 Å². The fraction of sp³-hybridized carbons (Fsp3) is 0.857. The van der Waals surface area contributed by atoms with E-state index in [2.05, 4.69) is 8.37 Å². The van der Waals surface area contributed by atoms with Crippen molar-refractivity contribution in [1.29, 1.82) is 0 Å². The maximum Gasteiger partial charge on any atom is 0.407 e. The van der Waals surface area contributed by atoms with Crippen molar-refractivity contribution in [2.24, 2.45) is 0 Å². The van der Waals surface area contributed by atoms with Crippen LogP contribution in [0, 0.1) is 0 Å². The molecule has 0 aromatic heterocycles. The first-order valence-corrected chi connectivity index (χ1v) is 8.35. The van der Waals surface area contributed by atoms with Gasteiger partial charge in [-0.25, -0.2) is 4.79 Å². The van der Waals surface area contributed by atoms with E-state index < -0.39 is 38.5 Å². The molecule has 0 saturated carbocycles. The third kappa shape index (κ3) is 4.76. The molecule has 0 aliphatic carbocycles. The molecule has 1 aliphatic heterocycles. The van der Waals surface area contributed by atoms with Gasteiger partial charge in [0, 0.05) is 0 Å². The molecule has 11 heteroatoms. The topological polar surface area (TPSA) is 127 Å². The van der Waals surface area contributed by atoms with Gasteiger partial charge in [-0.1, -0.05) is 0 Å². The Morgan fingerprint density at radius 1 is 1.06 bits per heavy atom. The lowest BCUT2D eigenvalue weighted by molar-refractivity contribution is 0.102. The Hall–Kier alpha value is -0.910. The lowest BCUT2D eigenvalue weighted by atomic mass is 10.3. The van der Waals surface area contributed by atoms with Crippen molar-refractivity contribution in [3.8, 4) is 0 Å². The molecule has 1 rings (SSSR count). The minimum Gasteiger partial charge on any atom is -0.465 e. The molecule has 0 radical (unpaired) electrons. The van der Waals surface area contributed by atoms with Crippen molar-refractivity contribution < 1.29 is 35.1 Å². The van der Waals surface area contributed by atoms with Crippen LogP contribution in [0.25, 0.3) is 0 Å². The van der Waals surface area contributed by atoms with Crippen molar-refractivity contribution in [2.75, 3.05) is 25.6 Å². The number of hydrogen-bond donors (Lipinski definition) is 1. The van der Waals surface area contributed by atoms with Crippen molar-refractivity contribution in [3.05, 3.63) is 0 Å². The summed E-state index contributed by atoms with van der Waals surface area (Å²) < 4.78 is 53.2. The Morgan fingerprint density at radius 2 is 1.39 bits per heavy atom. The molecule has 1 saturated heterocycles. The second-order valence-electron chi connectivity index (χ2n) is 3.87. The van der Waals surface area contributed by atoms with Crippen molar-refractivity contribution >= 4 is 26.3 Å². The van der Waals surface area contributed by atoms with Gasteiger partial charge in [-0.15, -0.1) is 0 Å².